The molecule has 3 aliphatic rings. The maximum absolute atomic E-state index is 13.5. The van der Waals surface area contributed by atoms with Crippen molar-refractivity contribution in [2.24, 2.45) is 0 Å². The zero-order valence-electron chi connectivity index (χ0n) is 62.6. The van der Waals surface area contributed by atoms with E-state index in [4.69, 9.17) is 28.4 Å². The smallest absolute Gasteiger partial charge is 0.220 e. The summed E-state index contributed by atoms with van der Waals surface area (Å²) >= 11 is 0. The molecule has 12 N–H and O–H groups in total. The zero-order valence-corrected chi connectivity index (χ0v) is 62.6. The number of carbonyl (C=O) groups excluding carboxylic acids is 1. The zero-order chi connectivity index (χ0) is 73.2. The molecule has 0 aliphatic carbocycles. The summed E-state index contributed by atoms with van der Waals surface area (Å²) in [6, 6.07) is -1.00. The first-order chi connectivity index (χ1) is 49.3. The van der Waals surface area contributed by atoms with Crippen LogP contribution in [-0.4, -0.2) is 193 Å². The van der Waals surface area contributed by atoms with Gasteiger partial charge in [-0.3, -0.25) is 4.79 Å². The average Bonchev–Trinajstić information content (AvgIpc) is 0.783. The van der Waals surface area contributed by atoms with Gasteiger partial charge in [-0.1, -0.05) is 292 Å². The fourth-order valence-electron chi connectivity index (χ4n) is 13.2. The van der Waals surface area contributed by atoms with E-state index in [2.05, 4.69) is 92.1 Å². The van der Waals surface area contributed by atoms with Crippen molar-refractivity contribution in [2.45, 2.75) is 401 Å². The number of hydrogen-bond acceptors (Lipinski definition) is 18. The molecule has 17 atom stereocenters. The summed E-state index contributed by atoms with van der Waals surface area (Å²) in [6.07, 6.45) is 55.7. The van der Waals surface area contributed by atoms with E-state index in [1.54, 1.807) is 6.08 Å². The second kappa shape index (κ2) is 62.1. The molecule has 17 unspecified atom stereocenters. The number of allylic oxidation sites excluding steroid dienone is 13. The highest BCUT2D eigenvalue weighted by Crippen LogP contribution is 2.33. The molecule has 0 aromatic rings. The number of unbranched alkanes of at least 4 members (excludes halogenated alkanes) is 35. The number of hydrogen-bond donors (Lipinski definition) is 12. The summed E-state index contributed by atoms with van der Waals surface area (Å²) in [6.45, 7) is 1.62. The van der Waals surface area contributed by atoms with Gasteiger partial charge in [-0.05, 0) is 83.5 Å². The Morgan fingerprint density at radius 1 is 0.366 bits per heavy atom. The number of amides is 1. The lowest BCUT2D eigenvalue weighted by atomic mass is 9.96. The van der Waals surface area contributed by atoms with E-state index in [1.807, 2.05) is 6.08 Å². The number of carbonyl (C=O) groups is 1. The normalized spacial score (nSPS) is 26.8. The van der Waals surface area contributed by atoms with Gasteiger partial charge in [-0.2, -0.15) is 0 Å². The van der Waals surface area contributed by atoms with Crippen LogP contribution < -0.4 is 5.32 Å². The summed E-state index contributed by atoms with van der Waals surface area (Å²) in [5.74, 6) is -0.287. The van der Waals surface area contributed by atoms with Gasteiger partial charge >= 0.3 is 0 Å². The monoisotopic (exact) mass is 1430 g/mol. The Bertz CT molecular complexity index is 2150. The third kappa shape index (κ3) is 42.2. The fourth-order valence-corrected chi connectivity index (χ4v) is 13.2. The molecule has 19 heteroatoms. The SMILES string of the molecule is CC/C=C\C/C=C\C/C=C\C/C=C\CCCCCCCCCCCCCCCCCCCCCCC(=O)NC(COC1OC(CO)C(OC2OC(CO)C(OC3OC(CO)C(O)C(O)C3O)C(O)C2O)C(O)C1O)C(O)/C=C/CC/C=C/CC/C=C/CCCCCCCCCCCCCCC. The first kappa shape index (κ1) is 92.2. The molecule has 0 bridgehead atoms. The van der Waals surface area contributed by atoms with Crippen LogP contribution in [0.15, 0.2) is 85.1 Å². The van der Waals surface area contributed by atoms with E-state index >= 15 is 0 Å². The van der Waals surface area contributed by atoms with Crippen LogP contribution in [0.4, 0.5) is 0 Å². The van der Waals surface area contributed by atoms with Gasteiger partial charge in [-0.25, -0.2) is 0 Å². The van der Waals surface area contributed by atoms with Crippen LogP contribution in [0, 0.1) is 0 Å². The van der Waals surface area contributed by atoms with E-state index in [0.29, 0.717) is 12.8 Å². The van der Waals surface area contributed by atoms with Gasteiger partial charge in [0.2, 0.25) is 5.91 Å². The summed E-state index contributed by atoms with van der Waals surface area (Å²) in [5, 5.41) is 121. The van der Waals surface area contributed by atoms with Gasteiger partial charge in [-0.15, -0.1) is 0 Å². The minimum Gasteiger partial charge on any atom is -0.394 e. The Morgan fingerprint density at radius 3 is 1.11 bits per heavy atom. The van der Waals surface area contributed by atoms with Crippen LogP contribution in [0.25, 0.3) is 0 Å². The molecule has 101 heavy (non-hydrogen) atoms. The molecule has 3 fully saturated rings. The predicted molar refractivity (Wildman–Crippen MR) is 401 cm³/mol. The number of rotatable bonds is 63. The molecule has 3 rings (SSSR count). The lowest BCUT2D eigenvalue weighted by Gasteiger charge is -2.48. The Morgan fingerprint density at radius 2 is 0.693 bits per heavy atom. The minimum atomic E-state index is -1.99. The summed E-state index contributed by atoms with van der Waals surface area (Å²) in [4.78, 5) is 13.5. The molecular formula is C82H145NO18. The van der Waals surface area contributed by atoms with Crippen molar-refractivity contribution in [3.63, 3.8) is 0 Å². The largest absolute Gasteiger partial charge is 0.394 e. The highest BCUT2D eigenvalue weighted by molar-refractivity contribution is 5.76. The van der Waals surface area contributed by atoms with Crippen molar-refractivity contribution < 1.29 is 89.4 Å². The lowest BCUT2D eigenvalue weighted by molar-refractivity contribution is -0.379. The van der Waals surface area contributed by atoms with E-state index in [-0.39, 0.29) is 18.9 Å². The van der Waals surface area contributed by atoms with E-state index in [0.717, 1.165) is 70.6 Å². The molecule has 3 aliphatic heterocycles. The molecule has 0 saturated carbocycles. The lowest BCUT2D eigenvalue weighted by Crippen LogP contribution is -2.66. The molecule has 0 spiro atoms. The number of nitrogens with one attached hydrogen (secondary N) is 1. The molecule has 0 aromatic carbocycles. The number of aliphatic hydroxyl groups excluding tert-OH is 11. The van der Waals surface area contributed by atoms with Gasteiger partial charge in [0.15, 0.2) is 18.9 Å². The highest BCUT2D eigenvalue weighted by atomic mass is 16.8. The maximum atomic E-state index is 13.5. The fraction of sp³-hybridized carbons (Fsp3) is 0.817. The van der Waals surface area contributed by atoms with Gasteiger partial charge in [0.1, 0.15) is 73.2 Å². The molecule has 19 nitrogen and oxygen atoms in total. The average molecular weight is 1430 g/mol. The Labute approximate surface area is 610 Å². The predicted octanol–water partition coefficient (Wildman–Crippen LogP) is 13.4. The molecular weight excluding hydrogens is 1290 g/mol. The Kier molecular flexibility index (Phi) is 56.6. The van der Waals surface area contributed by atoms with Crippen LogP contribution in [0.1, 0.15) is 296 Å². The second-order valence-electron chi connectivity index (χ2n) is 28.5. The van der Waals surface area contributed by atoms with Crippen LogP contribution in [-0.2, 0) is 33.2 Å². The molecule has 0 radical (unpaired) electrons. The van der Waals surface area contributed by atoms with Gasteiger partial charge in [0, 0.05) is 6.42 Å². The van der Waals surface area contributed by atoms with Crippen LogP contribution in [0.5, 0.6) is 0 Å². The van der Waals surface area contributed by atoms with Crippen molar-refractivity contribution in [1.82, 2.24) is 5.32 Å². The van der Waals surface area contributed by atoms with Crippen molar-refractivity contribution in [2.75, 3.05) is 26.4 Å². The third-order valence-electron chi connectivity index (χ3n) is 19.7. The summed E-state index contributed by atoms with van der Waals surface area (Å²) in [7, 11) is 0. The van der Waals surface area contributed by atoms with Crippen molar-refractivity contribution in [1.29, 1.82) is 0 Å². The van der Waals surface area contributed by atoms with E-state index in [9.17, 15) is 61.0 Å². The van der Waals surface area contributed by atoms with Crippen molar-refractivity contribution in [3.8, 4) is 0 Å². The van der Waals surface area contributed by atoms with Gasteiger partial charge in [0.25, 0.3) is 0 Å². The van der Waals surface area contributed by atoms with Crippen molar-refractivity contribution >= 4 is 5.91 Å². The third-order valence-corrected chi connectivity index (χ3v) is 19.7. The van der Waals surface area contributed by atoms with Gasteiger partial charge < -0.3 is 89.9 Å². The number of aliphatic hydroxyl groups is 11. The van der Waals surface area contributed by atoms with Crippen LogP contribution >= 0.6 is 0 Å². The first-order valence-corrected chi connectivity index (χ1v) is 40.3. The van der Waals surface area contributed by atoms with E-state index < -0.39 is 124 Å². The topological polar surface area (TPSA) is 307 Å². The standard InChI is InChI=1S/C82H145NO18/c1-3-5-7-9-11-13-15-17-19-21-23-25-27-28-29-30-31-32-33-34-35-36-38-40-42-44-46-48-50-52-54-56-58-60-70(88)83-65(66(87)59-57-55-53-51-49-47-45-43-41-39-37-26-24-22-20-18-16-14-12-10-8-6-4-2)64-96-80-76(94)73(91)78(68(62-85)98-80)101-82-77(95)74(92)79(69(63-86)99-82)100-81-75(93)72(90)71(89)67(61-84)97-81/h5,7,11,13,17,19,23,25,41,43,49,51,57,59,65-69,71-82,84-87,89-95H,3-4,6,8-10,12,14-16,18,20-22,24,26-40,42,44-48,50,52-56,58,60-64H2,1-2H3,(H,83,88)/b7-5-,13-11-,19-17-,25-23-,43-41+,51-49+,59-57+. The Hall–Kier alpha value is -3.03. The quantitative estimate of drug-likeness (QED) is 0.0199. The number of ether oxygens (including phenoxy) is 6. The first-order valence-electron chi connectivity index (χ1n) is 40.3. The minimum absolute atomic E-state index is 0.231. The Balaban J connectivity index is 1.37. The molecule has 3 heterocycles. The van der Waals surface area contributed by atoms with E-state index in [1.165, 1.54) is 193 Å². The van der Waals surface area contributed by atoms with Gasteiger partial charge in [0.05, 0.1) is 38.6 Å². The summed E-state index contributed by atoms with van der Waals surface area (Å²) < 4.78 is 34.4. The van der Waals surface area contributed by atoms with Crippen LogP contribution in [0.2, 0.25) is 0 Å². The molecule has 586 valence electrons. The van der Waals surface area contributed by atoms with Crippen molar-refractivity contribution in [3.05, 3.63) is 85.1 Å². The molecule has 3 saturated heterocycles. The van der Waals surface area contributed by atoms with Crippen LogP contribution in [0.3, 0.4) is 0 Å². The highest BCUT2D eigenvalue weighted by Gasteiger charge is 2.54. The second-order valence-corrected chi connectivity index (χ2v) is 28.5. The summed E-state index contributed by atoms with van der Waals surface area (Å²) in [5.41, 5.74) is 0. The molecule has 1 amide bonds. The molecule has 0 aromatic heterocycles. The maximum Gasteiger partial charge on any atom is 0.220 e.